The first-order chi connectivity index (χ1) is 7.17. The maximum Gasteiger partial charge on any atom is 0.0900 e. The minimum Gasteiger partial charge on any atom is -0.306 e. The smallest absolute Gasteiger partial charge is 0.0900 e. The van der Waals surface area contributed by atoms with Gasteiger partial charge in [-0.15, -0.1) is 11.3 Å². The summed E-state index contributed by atoms with van der Waals surface area (Å²) in [6.07, 6.45) is 5.29. The van der Waals surface area contributed by atoms with Gasteiger partial charge in [0, 0.05) is 4.88 Å². The van der Waals surface area contributed by atoms with E-state index in [-0.39, 0.29) is 0 Å². The van der Waals surface area contributed by atoms with Crippen molar-refractivity contribution in [2.24, 2.45) is 5.41 Å². The van der Waals surface area contributed by atoms with Gasteiger partial charge >= 0.3 is 0 Å². The van der Waals surface area contributed by atoms with E-state index in [0.29, 0.717) is 5.41 Å². The van der Waals surface area contributed by atoms with Gasteiger partial charge < -0.3 is 4.90 Å². The Morgan fingerprint density at radius 3 is 2.67 bits per heavy atom. The fraction of sp³-hybridized carbons (Fsp3) is 0.750. The lowest BCUT2D eigenvalue weighted by Crippen LogP contribution is -2.38. The van der Waals surface area contributed by atoms with E-state index in [4.69, 9.17) is 0 Å². The van der Waals surface area contributed by atoms with Gasteiger partial charge in [-0.05, 0) is 58.2 Å². The van der Waals surface area contributed by atoms with Crippen LogP contribution in [0.15, 0.2) is 0 Å². The van der Waals surface area contributed by atoms with Crippen molar-refractivity contribution >= 4 is 11.3 Å². The van der Waals surface area contributed by atoms with Crippen LogP contribution in [0.5, 0.6) is 0 Å². The van der Waals surface area contributed by atoms with E-state index >= 15 is 0 Å². The van der Waals surface area contributed by atoms with Crippen molar-refractivity contribution < 1.29 is 0 Å². The predicted octanol–water partition coefficient (Wildman–Crippen LogP) is 2.26. The fourth-order valence-electron chi connectivity index (χ4n) is 2.99. The molecule has 0 bridgehead atoms. The number of aromatic nitrogens is 1. The molecular weight excluding hydrogens is 204 g/mol. The Morgan fingerprint density at radius 2 is 2.00 bits per heavy atom. The zero-order valence-corrected chi connectivity index (χ0v) is 10.4. The van der Waals surface area contributed by atoms with E-state index in [1.807, 2.05) is 11.3 Å². The number of thiazole rings is 1. The molecule has 0 radical (unpaired) electrons. The lowest BCUT2D eigenvalue weighted by atomic mass is 9.76. The number of aryl methyl sites for hydroxylation is 1. The molecule has 1 saturated heterocycles. The average molecular weight is 222 g/mol. The molecule has 0 aromatic carbocycles. The summed E-state index contributed by atoms with van der Waals surface area (Å²) in [4.78, 5) is 8.70. The lowest BCUT2D eigenvalue weighted by molar-refractivity contribution is 0.131. The third-order valence-corrected chi connectivity index (χ3v) is 5.02. The Bertz CT molecular complexity index is 349. The van der Waals surface area contributed by atoms with Gasteiger partial charge in [-0.2, -0.15) is 0 Å². The zero-order valence-electron chi connectivity index (χ0n) is 9.55. The molecule has 1 aromatic rings. The molecular formula is C12H18N2S. The maximum atomic E-state index is 4.66. The molecule has 0 atom stereocenters. The third kappa shape index (κ3) is 1.62. The number of rotatable bonds is 0. The lowest BCUT2D eigenvalue weighted by Gasteiger charge is -2.37. The molecule has 15 heavy (non-hydrogen) atoms. The summed E-state index contributed by atoms with van der Waals surface area (Å²) in [7, 11) is 2.24. The first-order valence-corrected chi connectivity index (χ1v) is 6.62. The Kier molecular flexibility index (Phi) is 2.15. The van der Waals surface area contributed by atoms with Crippen molar-refractivity contribution in [1.29, 1.82) is 0 Å². The van der Waals surface area contributed by atoms with Crippen LogP contribution in [0.2, 0.25) is 0 Å². The summed E-state index contributed by atoms with van der Waals surface area (Å²) >= 11 is 1.92. The summed E-state index contributed by atoms with van der Waals surface area (Å²) in [6.45, 7) is 4.67. The van der Waals surface area contributed by atoms with Crippen LogP contribution < -0.4 is 0 Å². The molecule has 0 N–H and O–H groups in total. The second kappa shape index (κ2) is 3.29. The minimum absolute atomic E-state index is 0.592. The molecule has 1 aliphatic heterocycles. The first kappa shape index (κ1) is 9.79. The molecule has 1 aliphatic carbocycles. The fourth-order valence-corrected chi connectivity index (χ4v) is 4.12. The Hall–Kier alpha value is -0.410. The van der Waals surface area contributed by atoms with E-state index in [9.17, 15) is 0 Å². The van der Waals surface area contributed by atoms with E-state index in [2.05, 4.69) is 23.9 Å². The van der Waals surface area contributed by atoms with Gasteiger partial charge in [-0.1, -0.05) is 0 Å². The molecule has 2 heterocycles. The van der Waals surface area contributed by atoms with Gasteiger partial charge in [-0.25, -0.2) is 4.98 Å². The number of hydrogen-bond donors (Lipinski definition) is 0. The summed E-state index contributed by atoms with van der Waals surface area (Å²) in [6, 6.07) is 0. The summed E-state index contributed by atoms with van der Waals surface area (Å²) in [5.74, 6) is 0. The Morgan fingerprint density at radius 1 is 1.27 bits per heavy atom. The molecule has 1 fully saturated rings. The second-order valence-electron chi connectivity index (χ2n) is 5.26. The van der Waals surface area contributed by atoms with E-state index < -0.39 is 0 Å². The molecule has 2 nitrogen and oxygen atoms in total. The van der Waals surface area contributed by atoms with E-state index in [1.54, 1.807) is 4.88 Å². The van der Waals surface area contributed by atoms with Crippen molar-refractivity contribution in [3.63, 3.8) is 0 Å². The van der Waals surface area contributed by atoms with Crippen LogP contribution in [0.25, 0.3) is 0 Å². The Labute approximate surface area is 95.3 Å². The van der Waals surface area contributed by atoms with Crippen LogP contribution in [0.1, 0.15) is 28.4 Å². The van der Waals surface area contributed by atoms with Crippen LogP contribution in [-0.4, -0.2) is 30.0 Å². The molecule has 1 spiro atoms. The highest BCUT2D eigenvalue weighted by Crippen LogP contribution is 2.45. The van der Waals surface area contributed by atoms with Crippen molar-refractivity contribution in [3.8, 4) is 0 Å². The van der Waals surface area contributed by atoms with Crippen molar-refractivity contribution in [1.82, 2.24) is 9.88 Å². The summed E-state index contributed by atoms with van der Waals surface area (Å²) in [5.41, 5.74) is 2.01. The van der Waals surface area contributed by atoms with Crippen LogP contribution >= 0.6 is 11.3 Å². The molecule has 3 rings (SSSR count). The van der Waals surface area contributed by atoms with Gasteiger partial charge in [0.1, 0.15) is 0 Å². The predicted molar refractivity (Wildman–Crippen MR) is 63.4 cm³/mol. The molecule has 1 aromatic heterocycles. The highest BCUT2D eigenvalue weighted by atomic mass is 32.1. The largest absolute Gasteiger partial charge is 0.306 e. The third-order valence-electron chi connectivity index (χ3n) is 4.01. The number of piperidine rings is 1. The normalized spacial score (nSPS) is 24.7. The number of fused-ring (bicyclic) bond motifs is 1. The topological polar surface area (TPSA) is 16.1 Å². The van der Waals surface area contributed by atoms with E-state index in [0.717, 1.165) is 0 Å². The quantitative estimate of drug-likeness (QED) is 0.669. The SMILES string of the molecule is Cc1nc2c(s1)CC1(CCN(C)CC1)C2. The van der Waals surface area contributed by atoms with Gasteiger partial charge in [0.25, 0.3) is 0 Å². The first-order valence-electron chi connectivity index (χ1n) is 5.81. The molecule has 82 valence electrons. The summed E-state index contributed by atoms with van der Waals surface area (Å²) in [5, 5.41) is 1.25. The van der Waals surface area contributed by atoms with Crippen LogP contribution in [0.4, 0.5) is 0 Å². The number of likely N-dealkylation sites (tertiary alicyclic amines) is 1. The van der Waals surface area contributed by atoms with Crippen LogP contribution in [-0.2, 0) is 12.8 Å². The molecule has 0 saturated carbocycles. The van der Waals surface area contributed by atoms with Crippen LogP contribution in [0, 0.1) is 12.3 Å². The standard InChI is InChI=1S/C12H18N2S/c1-9-13-10-7-12(8-11(10)15-9)3-5-14(2)6-4-12/h3-8H2,1-2H3. The molecule has 3 heteroatoms. The second-order valence-corrected chi connectivity index (χ2v) is 6.55. The van der Waals surface area contributed by atoms with E-state index in [1.165, 1.54) is 49.5 Å². The van der Waals surface area contributed by atoms with Gasteiger partial charge in [0.05, 0.1) is 10.7 Å². The molecule has 0 amide bonds. The summed E-state index contributed by atoms with van der Waals surface area (Å²) < 4.78 is 0. The van der Waals surface area contributed by atoms with Crippen LogP contribution in [0.3, 0.4) is 0 Å². The minimum atomic E-state index is 0.592. The maximum absolute atomic E-state index is 4.66. The van der Waals surface area contributed by atoms with Gasteiger partial charge in [0.2, 0.25) is 0 Å². The molecule has 0 unspecified atom stereocenters. The average Bonchev–Trinajstić information content (AvgIpc) is 2.65. The Balaban J connectivity index is 1.80. The highest BCUT2D eigenvalue weighted by molar-refractivity contribution is 7.11. The highest BCUT2D eigenvalue weighted by Gasteiger charge is 2.40. The van der Waals surface area contributed by atoms with Crippen molar-refractivity contribution in [2.75, 3.05) is 20.1 Å². The van der Waals surface area contributed by atoms with Gasteiger partial charge in [-0.3, -0.25) is 0 Å². The van der Waals surface area contributed by atoms with Crippen molar-refractivity contribution in [2.45, 2.75) is 32.6 Å². The van der Waals surface area contributed by atoms with Gasteiger partial charge in [0.15, 0.2) is 0 Å². The number of nitrogens with zero attached hydrogens (tertiary/aromatic N) is 2. The van der Waals surface area contributed by atoms with Crippen molar-refractivity contribution in [3.05, 3.63) is 15.6 Å². The number of hydrogen-bond acceptors (Lipinski definition) is 3. The molecule has 2 aliphatic rings. The zero-order chi connectivity index (χ0) is 10.5. The monoisotopic (exact) mass is 222 g/mol.